The number of hydrogen-bond donors (Lipinski definition) is 0. The Kier molecular flexibility index (Phi) is 10.5. The van der Waals surface area contributed by atoms with Gasteiger partial charge in [0.2, 0.25) is 0 Å². The van der Waals surface area contributed by atoms with Crippen LogP contribution in [0.2, 0.25) is 0 Å². The topological polar surface area (TPSA) is 65.7 Å². The van der Waals surface area contributed by atoms with Gasteiger partial charge in [-0.3, -0.25) is 0 Å². The van der Waals surface area contributed by atoms with E-state index in [4.69, 9.17) is 13.9 Å². The predicted octanol–water partition coefficient (Wildman–Crippen LogP) is 11.3. The molecule has 1 aromatic heterocycles. The summed E-state index contributed by atoms with van der Waals surface area (Å²) >= 11 is 0. The number of hydrogen-bond acceptors (Lipinski definition) is 5. The first-order chi connectivity index (χ1) is 24.9. The van der Waals surface area contributed by atoms with Crippen molar-refractivity contribution in [3.05, 3.63) is 86.8 Å². The minimum Gasteiger partial charge on any atom is -0.481 e. The molecule has 52 heavy (non-hydrogen) atoms. The van der Waals surface area contributed by atoms with E-state index < -0.39 is 0 Å². The van der Waals surface area contributed by atoms with Crippen molar-refractivity contribution in [3.8, 4) is 5.75 Å². The maximum absolute atomic E-state index is 13.2. The van der Waals surface area contributed by atoms with E-state index in [-0.39, 0.29) is 29.7 Å². The van der Waals surface area contributed by atoms with E-state index in [1.165, 1.54) is 56.9 Å². The number of rotatable bonds is 11. The van der Waals surface area contributed by atoms with Crippen molar-refractivity contribution in [1.29, 1.82) is 0 Å². The van der Waals surface area contributed by atoms with Gasteiger partial charge in [0.05, 0.1) is 0 Å². The normalized spacial score (nSPS) is 30.3. The van der Waals surface area contributed by atoms with E-state index >= 15 is 0 Å². The molecule has 1 heterocycles. The van der Waals surface area contributed by atoms with Gasteiger partial charge in [-0.15, -0.1) is 0 Å². The van der Waals surface area contributed by atoms with Crippen LogP contribution in [0, 0.1) is 60.2 Å². The summed E-state index contributed by atoms with van der Waals surface area (Å²) in [6.07, 6.45) is 16.7. The highest BCUT2D eigenvalue weighted by Crippen LogP contribution is 2.67. The molecule has 3 aromatic rings. The highest BCUT2D eigenvalue weighted by atomic mass is 16.6. The Bertz CT molecular complexity index is 1850. The van der Waals surface area contributed by atoms with Crippen LogP contribution >= 0.6 is 0 Å². The van der Waals surface area contributed by atoms with Crippen molar-refractivity contribution in [3.63, 3.8) is 0 Å². The molecule has 5 heteroatoms. The minimum atomic E-state index is -0.342. The van der Waals surface area contributed by atoms with Crippen molar-refractivity contribution < 1.29 is 18.7 Å². The fourth-order valence-electron chi connectivity index (χ4n) is 11.8. The van der Waals surface area contributed by atoms with Gasteiger partial charge in [0.15, 0.2) is 6.61 Å². The van der Waals surface area contributed by atoms with Crippen LogP contribution in [0.15, 0.2) is 63.3 Å². The van der Waals surface area contributed by atoms with Gasteiger partial charge in [-0.05, 0) is 128 Å². The largest absolute Gasteiger partial charge is 0.481 e. The number of ether oxygens (including phenoxy) is 2. The third-order valence-corrected chi connectivity index (χ3v) is 14.8. The molecule has 5 nitrogen and oxygen atoms in total. The first-order valence-corrected chi connectivity index (χ1v) is 20.5. The lowest BCUT2D eigenvalue weighted by Gasteiger charge is -2.58. The quantitative estimate of drug-likeness (QED) is 0.113. The Labute approximate surface area is 311 Å². The van der Waals surface area contributed by atoms with Crippen LogP contribution in [-0.4, -0.2) is 18.7 Å². The molecule has 3 fully saturated rings. The maximum atomic E-state index is 13.2. The predicted molar refractivity (Wildman–Crippen MR) is 210 cm³/mol. The molecular weight excluding hydrogens is 645 g/mol. The molecule has 0 unspecified atom stereocenters. The van der Waals surface area contributed by atoms with Gasteiger partial charge in [-0.2, -0.15) is 0 Å². The molecule has 3 saturated carbocycles. The summed E-state index contributed by atoms with van der Waals surface area (Å²) in [5, 5.41) is 0.883. The molecule has 0 N–H and O–H groups in total. The van der Waals surface area contributed by atoms with Gasteiger partial charge in [0.25, 0.3) is 0 Å². The summed E-state index contributed by atoms with van der Waals surface area (Å²) in [6.45, 7) is 16.2. The molecular formula is C47H62O5. The third kappa shape index (κ3) is 6.91. The van der Waals surface area contributed by atoms with Gasteiger partial charge in [-0.1, -0.05) is 95.9 Å². The Morgan fingerprint density at radius 3 is 2.48 bits per heavy atom. The number of benzene rings is 2. The third-order valence-electron chi connectivity index (χ3n) is 14.8. The summed E-state index contributed by atoms with van der Waals surface area (Å²) in [6, 6.07) is 13.8. The molecule has 2 aromatic carbocycles. The minimum absolute atomic E-state index is 0.107. The molecule has 0 saturated heterocycles. The van der Waals surface area contributed by atoms with Gasteiger partial charge >= 0.3 is 11.6 Å². The van der Waals surface area contributed by atoms with Gasteiger partial charge in [0.1, 0.15) is 17.4 Å². The summed E-state index contributed by atoms with van der Waals surface area (Å²) in [7, 11) is 0. The van der Waals surface area contributed by atoms with Crippen molar-refractivity contribution in [2.45, 2.75) is 132 Å². The van der Waals surface area contributed by atoms with Crippen LogP contribution in [0.3, 0.4) is 0 Å². The first-order valence-electron chi connectivity index (χ1n) is 20.5. The number of carbonyl (C=O) groups excluding carboxylic acids is 1. The molecule has 4 aliphatic rings. The second kappa shape index (κ2) is 14.8. The van der Waals surface area contributed by atoms with Crippen molar-refractivity contribution >= 4 is 16.9 Å². The maximum Gasteiger partial charge on any atom is 0.344 e. The molecule has 280 valence electrons. The lowest BCUT2D eigenvalue weighted by molar-refractivity contribution is -0.153. The summed E-state index contributed by atoms with van der Waals surface area (Å²) in [5.41, 5.74) is 5.76. The zero-order chi connectivity index (χ0) is 36.8. The monoisotopic (exact) mass is 706 g/mol. The van der Waals surface area contributed by atoms with Gasteiger partial charge in [-0.25, -0.2) is 9.59 Å². The molecule has 0 amide bonds. The highest BCUT2D eigenvalue weighted by molar-refractivity contribution is 5.86. The fourth-order valence-corrected chi connectivity index (χ4v) is 11.8. The first kappa shape index (κ1) is 37.0. The average Bonchev–Trinajstić information content (AvgIpc) is 3.48. The highest BCUT2D eigenvalue weighted by Gasteiger charge is 2.59. The van der Waals surface area contributed by atoms with Crippen LogP contribution in [-0.2, 0) is 16.0 Å². The standard InChI is InChI=1S/C47H62O5/c1-29(2)12-11-13-30(3)39-19-20-40-37-17-16-34-27-35(22-24-46(34,6)41(37)23-25-47(39,40)7)51-43(48)28-50-42-21-18-36-31(4)38(26-33-14-9-8-10-15-33)45(49)52-44(36)32(42)5/h8-10,14-16,18,21,29-30,35,37,39-41H,11-13,17,19-20,22-28H2,1-7H3/t30-,35-,37+,39-,40+,41-,46-,47+/m1/s1. The fraction of sp³-hybridized carbons (Fsp3) is 0.617. The lowest BCUT2D eigenvalue weighted by atomic mass is 9.47. The molecule has 0 bridgehead atoms. The van der Waals surface area contributed by atoms with Crippen LogP contribution in [0.4, 0.5) is 0 Å². The molecule has 0 aliphatic heterocycles. The lowest BCUT2D eigenvalue weighted by Crippen LogP contribution is -2.51. The number of carbonyl (C=O) groups is 1. The zero-order valence-electron chi connectivity index (χ0n) is 32.9. The van der Waals surface area contributed by atoms with E-state index in [9.17, 15) is 9.59 Å². The number of esters is 1. The van der Waals surface area contributed by atoms with Gasteiger partial charge in [0, 0.05) is 29.4 Å². The molecule has 0 spiro atoms. The van der Waals surface area contributed by atoms with Crippen LogP contribution in [0.25, 0.3) is 11.0 Å². The number of allylic oxidation sites excluding steroid dienone is 1. The van der Waals surface area contributed by atoms with Crippen molar-refractivity contribution in [1.82, 2.24) is 0 Å². The molecule has 0 radical (unpaired) electrons. The van der Waals surface area contributed by atoms with Crippen molar-refractivity contribution in [2.75, 3.05) is 6.61 Å². The van der Waals surface area contributed by atoms with Crippen LogP contribution in [0.5, 0.6) is 5.75 Å². The Morgan fingerprint density at radius 1 is 0.923 bits per heavy atom. The van der Waals surface area contributed by atoms with Gasteiger partial charge < -0.3 is 13.9 Å². The van der Waals surface area contributed by atoms with E-state index in [0.717, 1.165) is 71.3 Å². The number of fused-ring (bicyclic) bond motifs is 6. The van der Waals surface area contributed by atoms with E-state index in [2.05, 4.69) is 40.7 Å². The second-order valence-electron chi connectivity index (χ2n) is 18.2. The van der Waals surface area contributed by atoms with Crippen molar-refractivity contribution in [2.24, 2.45) is 46.3 Å². The SMILES string of the molecule is Cc1c(Cc2ccccc2)c(=O)oc2c(C)c(OCC(=O)O[C@@H]3CC[C@]4(C)C(=CC[C@@H]5[C@H]4CC[C@@]4(C)[C@@H]([C@H](C)CCCC(C)C)CC[C@@H]54)C3)ccc12. The second-order valence-corrected chi connectivity index (χ2v) is 18.2. The smallest absolute Gasteiger partial charge is 0.344 e. The summed E-state index contributed by atoms with van der Waals surface area (Å²) < 4.78 is 17.9. The Balaban J connectivity index is 0.961. The van der Waals surface area contributed by atoms with Crippen LogP contribution in [0.1, 0.15) is 128 Å². The molecule has 7 rings (SSSR count). The zero-order valence-corrected chi connectivity index (χ0v) is 32.9. The Hall–Kier alpha value is -3.34. The van der Waals surface area contributed by atoms with Crippen LogP contribution < -0.4 is 10.4 Å². The van der Waals surface area contributed by atoms with E-state index in [0.29, 0.717) is 34.3 Å². The Morgan fingerprint density at radius 2 is 1.71 bits per heavy atom. The molecule has 8 atom stereocenters. The summed E-state index contributed by atoms with van der Waals surface area (Å²) in [4.78, 5) is 26.2. The van der Waals surface area contributed by atoms with E-state index in [1.54, 1.807) is 0 Å². The van der Waals surface area contributed by atoms with E-state index in [1.807, 2.05) is 56.3 Å². The molecule has 4 aliphatic carbocycles. The number of aryl methyl sites for hydroxylation is 2. The summed E-state index contributed by atoms with van der Waals surface area (Å²) in [5.74, 6) is 5.09. The average molecular weight is 707 g/mol.